The summed E-state index contributed by atoms with van der Waals surface area (Å²) in [6, 6.07) is 6.34. The van der Waals surface area contributed by atoms with Crippen LogP contribution in [0.15, 0.2) is 24.3 Å². The van der Waals surface area contributed by atoms with Gasteiger partial charge in [0, 0.05) is 12.7 Å². The Labute approximate surface area is 183 Å². The second kappa shape index (κ2) is 14.0. The number of rotatable bonds is 11. The predicted octanol–water partition coefficient (Wildman–Crippen LogP) is -2.89. The molecule has 0 aliphatic rings. The summed E-state index contributed by atoms with van der Waals surface area (Å²) < 4.78 is 20.7. The van der Waals surface area contributed by atoms with Crippen molar-refractivity contribution in [2.45, 2.75) is 0 Å². The van der Waals surface area contributed by atoms with Crippen LogP contribution in [0.3, 0.4) is 0 Å². The van der Waals surface area contributed by atoms with Crippen LogP contribution in [0.4, 0.5) is 0 Å². The van der Waals surface area contributed by atoms with Crippen LogP contribution in [-0.4, -0.2) is 52.7 Å². The number of methoxy groups -OCH3 is 1. The zero-order valence-corrected chi connectivity index (χ0v) is 18.8. The number of ether oxygens (including phenoxy) is 4. The Morgan fingerprint density at radius 3 is 2.19 bits per heavy atom. The van der Waals surface area contributed by atoms with Gasteiger partial charge in [0.05, 0.1) is 39.0 Å². The number of aromatic carboxylic acids is 1. The fourth-order valence-corrected chi connectivity index (χ4v) is 1.44. The van der Waals surface area contributed by atoms with Gasteiger partial charge in [0.1, 0.15) is 12.4 Å². The van der Waals surface area contributed by atoms with E-state index < -0.39 is 5.97 Å². The molecule has 0 atom stereocenters. The third kappa shape index (κ3) is 9.93. The molecule has 1 aromatic carbocycles. The minimum absolute atomic E-state index is 0. The molecule has 0 radical (unpaired) electrons. The molecule has 0 unspecified atom stereocenters. The van der Waals surface area contributed by atoms with Crippen LogP contribution in [-0.2, 0) is 14.2 Å². The Kier molecular flexibility index (Phi) is 14.3. The summed E-state index contributed by atoms with van der Waals surface area (Å²) in [6.45, 7) is 2.66. The van der Waals surface area contributed by atoms with Crippen molar-refractivity contribution in [3.63, 3.8) is 0 Å². The molecule has 112 valence electrons. The number of benzene rings is 1. The Balaban J connectivity index is 0.00000400. The Morgan fingerprint density at radius 1 is 1.00 bits per heavy atom. The summed E-state index contributed by atoms with van der Waals surface area (Å²) >= 11 is 0. The molecule has 0 spiro atoms. The van der Waals surface area contributed by atoms with Gasteiger partial charge < -0.3 is 28.8 Å². The van der Waals surface area contributed by atoms with Gasteiger partial charge in [-0.3, -0.25) is 0 Å². The summed E-state index contributed by atoms with van der Waals surface area (Å²) in [4.78, 5) is 10.8. The molecule has 0 N–H and O–H groups in total. The van der Waals surface area contributed by atoms with Gasteiger partial charge in [-0.2, -0.15) is 0 Å². The van der Waals surface area contributed by atoms with Crippen LogP contribution in [0, 0.1) is 0 Å². The molecule has 0 aliphatic carbocycles. The molecule has 0 aromatic heterocycles. The van der Waals surface area contributed by atoms with Gasteiger partial charge in [0.15, 0.2) is 0 Å². The van der Waals surface area contributed by atoms with Gasteiger partial charge in [-0.15, -0.1) is 0 Å². The third-order valence-corrected chi connectivity index (χ3v) is 2.40. The van der Waals surface area contributed by atoms with Gasteiger partial charge in [-0.25, -0.2) is 0 Å². The van der Waals surface area contributed by atoms with Crippen molar-refractivity contribution in [2.24, 2.45) is 0 Å². The van der Waals surface area contributed by atoms with Crippen molar-refractivity contribution in [3.05, 3.63) is 29.8 Å². The van der Waals surface area contributed by atoms with E-state index >= 15 is 0 Å². The van der Waals surface area contributed by atoms with Gasteiger partial charge in [-0.1, -0.05) is 12.1 Å². The predicted molar refractivity (Wildman–Crippen MR) is 69.8 cm³/mol. The van der Waals surface area contributed by atoms with E-state index in [2.05, 4.69) is 0 Å². The summed E-state index contributed by atoms with van der Waals surface area (Å²) in [5.41, 5.74) is 0.0374. The molecule has 1 aromatic rings. The Hall–Kier alpha value is 0.422. The van der Waals surface area contributed by atoms with Crippen molar-refractivity contribution in [1.82, 2.24) is 0 Å². The Morgan fingerprint density at radius 2 is 1.57 bits per heavy atom. The van der Waals surface area contributed by atoms with Crippen molar-refractivity contribution in [2.75, 3.05) is 46.8 Å². The van der Waals surface area contributed by atoms with Crippen LogP contribution in [0.5, 0.6) is 5.75 Å². The number of hydrogen-bond acceptors (Lipinski definition) is 6. The first kappa shape index (κ1) is 21.4. The molecular weight excluding hydrogens is 397 g/mol. The van der Waals surface area contributed by atoms with Crippen molar-refractivity contribution >= 4 is 5.97 Å². The quantitative estimate of drug-likeness (QED) is 0.361. The zero-order chi connectivity index (χ0) is 14.6. The summed E-state index contributed by atoms with van der Waals surface area (Å²) in [5, 5.41) is 10.8. The first-order valence-corrected chi connectivity index (χ1v) is 6.33. The van der Waals surface area contributed by atoms with E-state index in [1.165, 1.54) is 6.07 Å². The van der Waals surface area contributed by atoms with Crippen LogP contribution in [0.1, 0.15) is 10.4 Å². The molecule has 0 saturated heterocycles. The summed E-state index contributed by atoms with van der Waals surface area (Å²) in [6.07, 6.45) is 0. The zero-order valence-electron chi connectivity index (χ0n) is 12.5. The molecule has 7 heteroatoms. The topological polar surface area (TPSA) is 77.0 Å². The fourth-order valence-electron chi connectivity index (χ4n) is 1.44. The smallest absolute Gasteiger partial charge is 0.545 e. The normalized spacial score (nSPS) is 9.95. The maximum atomic E-state index is 10.8. The first-order valence-electron chi connectivity index (χ1n) is 6.33. The standard InChI is InChI=1S/C14H20O6.Cs/c1-17-6-7-18-8-9-19-10-11-20-13-5-3-2-4-12(13)14(15)16;/h2-5H,6-11H2,1H3,(H,15,16);/q;+1/p-1. The molecule has 0 aliphatic heterocycles. The second-order valence-electron chi connectivity index (χ2n) is 3.85. The van der Waals surface area contributed by atoms with Crippen molar-refractivity contribution in [3.8, 4) is 5.75 Å². The van der Waals surface area contributed by atoms with Crippen LogP contribution >= 0.6 is 0 Å². The molecule has 21 heavy (non-hydrogen) atoms. The van der Waals surface area contributed by atoms with E-state index in [-0.39, 0.29) is 86.8 Å². The SMILES string of the molecule is COCCOCCOCCOc1ccccc1C(=O)[O-].[Cs+]. The van der Waals surface area contributed by atoms with Crippen molar-refractivity contribution in [1.29, 1.82) is 0 Å². The number of carbonyl (C=O) groups is 1. The fraction of sp³-hybridized carbons (Fsp3) is 0.500. The number of para-hydroxylation sites is 1. The van der Waals surface area contributed by atoms with E-state index in [4.69, 9.17) is 18.9 Å². The van der Waals surface area contributed by atoms with Gasteiger partial charge >= 0.3 is 68.9 Å². The van der Waals surface area contributed by atoms with E-state index in [9.17, 15) is 9.90 Å². The average molecular weight is 416 g/mol. The molecule has 0 amide bonds. The first-order chi connectivity index (χ1) is 9.75. The monoisotopic (exact) mass is 416 g/mol. The van der Waals surface area contributed by atoms with Gasteiger partial charge in [0.25, 0.3) is 0 Å². The molecule has 6 nitrogen and oxygen atoms in total. The minimum Gasteiger partial charge on any atom is -0.545 e. The number of carboxylic acid groups (broad SMARTS) is 1. The number of carbonyl (C=O) groups excluding carboxylic acids is 1. The largest absolute Gasteiger partial charge is 1.00 e. The summed E-state index contributed by atoms with van der Waals surface area (Å²) in [7, 11) is 1.61. The average Bonchev–Trinajstić information content (AvgIpc) is 2.46. The Bertz CT molecular complexity index is 399. The third-order valence-electron chi connectivity index (χ3n) is 2.40. The molecule has 0 fully saturated rings. The molecular formula is C14H19CsO6. The number of hydrogen-bond donors (Lipinski definition) is 0. The maximum absolute atomic E-state index is 10.8. The summed E-state index contributed by atoms with van der Waals surface area (Å²) in [5.74, 6) is -0.972. The maximum Gasteiger partial charge on any atom is 1.00 e. The van der Waals surface area contributed by atoms with Crippen LogP contribution < -0.4 is 78.7 Å². The minimum atomic E-state index is -1.26. The second-order valence-corrected chi connectivity index (χ2v) is 3.85. The molecule has 0 saturated carbocycles. The number of carboxylic acids is 1. The van der Waals surface area contributed by atoms with E-state index in [0.29, 0.717) is 33.0 Å². The van der Waals surface area contributed by atoms with Crippen LogP contribution in [0.25, 0.3) is 0 Å². The van der Waals surface area contributed by atoms with Gasteiger partial charge in [-0.05, 0) is 12.1 Å². The molecule has 1 rings (SSSR count). The van der Waals surface area contributed by atoms with Crippen LogP contribution in [0.2, 0.25) is 0 Å². The van der Waals surface area contributed by atoms with Gasteiger partial charge in [0.2, 0.25) is 0 Å². The van der Waals surface area contributed by atoms with Crippen molar-refractivity contribution < 1.29 is 97.7 Å². The van der Waals surface area contributed by atoms with E-state index in [1.54, 1.807) is 25.3 Å². The molecule has 0 bridgehead atoms. The van der Waals surface area contributed by atoms with E-state index in [1.807, 2.05) is 0 Å². The molecule has 0 heterocycles. The van der Waals surface area contributed by atoms with E-state index in [0.717, 1.165) is 0 Å².